The van der Waals surface area contributed by atoms with Crippen LogP contribution < -0.4 is 32.8 Å². The molecule has 6 aromatic carbocycles. The fourth-order valence-electron chi connectivity index (χ4n) is 6.03. The normalized spacial score (nSPS) is 11.2. The van der Waals surface area contributed by atoms with E-state index in [-0.39, 0.29) is 13.4 Å². The van der Waals surface area contributed by atoms with Gasteiger partial charge in [0, 0.05) is 0 Å². The lowest BCUT2D eigenvalue weighted by Crippen LogP contribution is -2.51. The Labute approximate surface area is 277 Å². The predicted molar refractivity (Wildman–Crippen MR) is 201 cm³/mol. The first-order chi connectivity index (χ1) is 23.3. The van der Waals surface area contributed by atoms with Gasteiger partial charge in [-0.1, -0.05) is 178 Å². The van der Waals surface area contributed by atoms with Gasteiger partial charge in [-0.15, -0.1) is 0 Å². The Morgan fingerprint density at radius 2 is 0.596 bits per heavy atom. The average molecular weight is 602 g/mol. The van der Waals surface area contributed by atoms with Gasteiger partial charge in [0.15, 0.2) is 0 Å². The highest BCUT2D eigenvalue weighted by Crippen LogP contribution is 2.13. The summed E-state index contributed by atoms with van der Waals surface area (Å²) in [7, 11) is 0. The van der Waals surface area contributed by atoms with Crippen LogP contribution in [0.2, 0.25) is 0 Å². The third-order valence-electron chi connectivity index (χ3n) is 8.31. The van der Waals surface area contributed by atoms with Gasteiger partial charge in [0.25, 0.3) is 0 Å². The molecule has 5 heteroatoms. The lowest BCUT2D eigenvalue weighted by molar-refractivity contribution is 0.553. The molecule has 3 nitrogen and oxygen atoms in total. The molecule has 1 aromatic heterocycles. The van der Waals surface area contributed by atoms with Crippen molar-refractivity contribution in [2.24, 2.45) is 9.98 Å². The second kappa shape index (κ2) is 14.4. The van der Waals surface area contributed by atoms with E-state index < -0.39 is 0 Å². The van der Waals surface area contributed by atoms with E-state index in [2.05, 4.69) is 180 Å². The highest BCUT2D eigenvalue weighted by atomic mass is 16.3. The molecule has 0 radical (unpaired) electrons. The summed E-state index contributed by atoms with van der Waals surface area (Å²) >= 11 is 0. The molecule has 0 fully saturated rings. The van der Waals surface area contributed by atoms with Crippen LogP contribution in [0.25, 0.3) is 0 Å². The maximum absolute atomic E-state index is 5.98. The molecule has 0 amide bonds. The van der Waals surface area contributed by atoms with E-state index in [1.165, 1.54) is 32.8 Å². The quantitative estimate of drug-likeness (QED) is 0.144. The number of benzene rings is 6. The molecule has 0 bridgehead atoms. The number of furan rings is 1. The molecule has 0 aliphatic heterocycles. The first-order valence-electron chi connectivity index (χ1n) is 15.9. The predicted octanol–water partition coefficient (Wildman–Crippen LogP) is 5.81. The molecular formula is C42H32B2N2O. The Morgan fingerprint density at radius 3 is 0.894 bits per heavy atom. The highest BCUT2D eigenvalue weighted by molar-refractivity contribution is 6.96. The van der Waals surface area contributed by atoms with Crippen molar-refractivity contribution in [3.8, 4) is 0 Å². The molecule has 0 aliphatic rings. The number of hydrogen-bond acceptors (Lipinski definition) is 3. The Hall–Kier alpha value is -5.93. The summed E-state index contributed by atoms with van der Waals surface area (Å²) in [6.45, 7) is 0.320. The average Bonchev–Trinajstić information content (AvgIpc) is 3.61. The molecule has 0 saturated heterocycles. The minimum atomic E-state index is 0.160. The van der Waals surface area contributed by atoms with Crippen molar-refractivity contribution >= 4 is 70.0 Å². The molecule has 0 aliphatic carbocycles. The zero-order chi connectivity index (χ0) is 31.7. The van der Waals surface area contributed by atoms with Gasteiger partial charge < -0.3 is 4.42 Å². The van der Waals surface area contributed by atoms with Gasteiger partial charge in [-0.05, 0) is 36.4 Å². The van der Waals surface area contributed by atoms with Crippen molar-refractivity contribution in [3.05, 3.63) is 194 Å². The third-order valence-corrected chi connectivity index (χ3v) is 8.31. The molecule has 0 N–H and O–H groups in total. The number of rotatable bonds is 10. The number of aliphatic imine (C=N–C) groups is 2. The van der Waals surface area contributed by atoms with Crippen molar-refractivity contribution in [1.82, 2.24) is 0 Å². The van der Waals surface area contributed by atoms with E-state index in [0.717, 1.165) is 11.4 Å². The molecule has 1 heterocycles. The molecule has 7 aromatic rings. The van der Waals surface area contributed by atoms with E-state index >= 15 is 0 Å². The largest absolute Gasteiger partial charge is 0.454 e. The maximum atomic E-state index is 5.98. The first kappa shape index (κ1) is 29.8. The number of nitrogens with zero attached hydrogens (tertiary/aromatic N) is 2. The van der Waals surface area contributed by atoms with Crippen LogP contribution in [0.3, 0.4) is 0 Å². The van der Waals surface area contributed by atoms with Gasteiger partial charge >= 0.3 is 0 Å². The maximum Gasteiger partial charge on any atom is 0.241 e. The van der Waals surface area contributed by atoms with Crippen LogP contribution in [0.1, 0.15) is 11.5 Å². The van der Waals surface area contributed by atoms with Crippen LogP contribution in [0.4, 0.5) is 11.4 Å². The van der Waals surface area contributed by atoms with E-state index in [9.17, 15) is 0 Å². The summed E-state index contributed by atoms with van der Waals surface area (Å²) in [4.78, 5) is 9.33. The Morgan fingerprint density at radius 1 is 0.319 bits per heavy atom. The molecule has 222 valence electrons. The summed E-state index contributed by atoms with van der Waals surface area (Å²) in [6, 6.07) is 63.1. The first-order valence-corrected chi connectivity index (χ1v) is 15.9. The molecule has 7 rings (SSSR count). The Kier molecular flexibility index (Phi) is 9.15. The third kappa shape index (κ3) is 7.32. The monoisotopic (exact) mass is 602 g/mol. The summed E-state index contributed by atoms with van der Waals surface area (Å²) < 4.78 is 5.98. The molecule has 0 spiro atoms. The van der Waals surface area contributed by atoms with Gasteiger partial charge in [-0.25, -0.2) is 0 Å². The molecule has 0 unspecified atom stereocenters. The fourth-order valence-corrected chi connectivity index (χ4v) is 6.03. The van der Waals surface area contributed by atoms with E-state index in [4.69, 9.17) is 4.42 Å². The topological polar surface area (TPSA) is 37.9 Å². The van der Waals surface area contributed by atoms with Crippen molar-refractivity contribution in [2.45, 2.75) is 0 Å². The van der Waals surface area contributed by atoms with Crippen LogP contribution in [0.5, 0.6) is 0 Å². The zero-order valence-corrected chi connectivity index (χ0v) is 25.9. The number of hydrogen-bond donors (Lipinski definition) is 0. The minimum Gasteiger partial charge on any atom is -0.454 e. The summed E-state index contributed by atoms with van der Waals surface area (Å²) in [6.07, 6.45) is 3.50. The summed E-state index contributed by atoms with van der Waals surface area (Å²) in [5.74, 6) is 1.34. The van der Waals surface area contributed by atoms with E-state index in [1.807, 2.05) is 12.1 Å². The molecule has 47 heavy (non-hydrogen) atoms. The second-order valence-corrected chi connectivity index (χ2v) is 11.4. The van der Waals surface area contributed by atoms with Gasteiger partial charge in [0.1, 0.15) is 11.5 Å². The van der Waals surface area contributed by atoms with Crippen LogP contribution >= 0.6 is 0 Å². The fraction of sp³-hybridized carbons (Fsp3) is 0. The van der Waals surface area contributed by atoms with Gasteiger partial charge in [0.05, 0.1) is 23.8 Å². The molecule has 0 saturated carbocycles. The van der Waals surface area contributed by atoms with E-state index in [1.54, 1.807) is 12.4 Å². The molecular weight excluding hydrogens is 570 g/mol. The van der Waals surface area contributed by atoms with Crippen LogP contribution in [0.15, 0.2) is 196 Å². The SMILES string of the molecule is C(=Nc1ccc(B(c2ccccc2)c2ccccc2)cc1)c1ccc(C=Nc2ccc(B(c3ccccc3)c3ccccc3)cc2)o1. The molecule has 0 atom stereocenters. The summed E-state index contributed by atoms with van der Waals surface area (Å²) in [5, 5.41) is 0. The lowest BCUT2D eigenvalue weighted by atomic mass is 9.37. The van der Waals surface area contributed by atoms with Gasteiger partial charge in [-0.3, -0.25) is 9.98 Å². The van der Waals surface area contributed by atoms with Crippen molar-refractivity contribution in [1.29, 1.82) is 0 Å². The van der Waals surface area contributed by atoms with Crippen molar-refractivity contribution in [3.63, 3.8) is 0 Å². The standard InChI is InChI=1S/C42H32B2N2O/c1-5-13-33(14-6-1)43(34-15-7-2-8-16-34)37-21-25-39(26-22-37)45-31-41-29-30-42(47-41)32-46-40-27-23-38(24-28-40)44(35-17-9-3-10-18-35)36-19-11-4-12-20-36/h1-32H. The van der Waals surface area contributed by atoms with Crippen LogP contribution in [-0.2, 0) is 0 Å². The minimum absolute atomic E-state index is 0.160. The van der Waals surface area contributed by atoms with Crippen LogP contribution in [0, 0.1) is 0 Å². The van der Waals surface area contributed by atoms with Crippen molar-refractivity contribution in [2.75, 3.05) is 0 Å². The smallest absolute Gasteiger partial charge is 0.241 e. The summed E-state index contributed by atoms with van der Waals surface area (Å²) in [5.41, 5.74) is 9.23. The Balaban J connectivity index is 1.03. The van der Waals surface area contributed by atoms with Gasteiger partial charge in [-0.2, -0.15) is 0 Å². The second-order valence-electron chi connectivity index (χ2n) is 11.4. The zero-order valence-electron chi connectivity index (χ0n) is 25.9. The van der Waals surface area contributed by atoms with Gasteiger partial charge in [0.2, 0.25) is 13.4 Å². The van der Waals surface area contributed by atoms with E-state index in [0.29, 0.717) is 11.5 Å². The van der Waals surface area contributed by atoms with Crippen LogP contribution in [-0.4, -0.2) is 25.9 Å². The Bertz CT molecular complexity index is 1830. The van der Waals surface area contributed by atoms with Crippen molar-refractivity contribution < 1.29 is 4.42 Å². The highest BCUT2D eigenvalue weighted by Gasteiger charge is 2.22. The lowest BCUT2D eigenvalue weighted by Gasteiger charge is -2.15.